The lowest BCUT2D eigenvalue weighted by atomic mass is 9.95. The first-order chi connectivity index (χ1) is 14.5. The molecule has 6 heteroatoms. The fourth-order valence-electron chi connectivity index (χ4n) is 4.02. The number of carbonyl (C=O) groups is 1. The molecule has 1 fully saturated rings. The number of nitrogens with zero attached hydrogens (tertiary/aromatic N) is 4. The molecule has 0 saturated carbocycles. The Kier molecular flexibility index (Phi) is 5.84. The van der Waals surface area contributed by atoms with Crippen LogP contribution < -0.4 is 10.2 Å². The van der Waals surface area contributed by atoms with Crippen molar-refractivity contribution in [3.05, 3.63) is 71.2 Å². The van der Waals surface area contributed by atoms with Gasteiger partial charge in [0.2, 0.25) is 5.91 Å². The van der Waals surface area contributed by atoms with Crippen LogP contribution in [0.15, 0.2) is 48.7 Å². The van der Waals surface area contributed by atoms with Crippen LogP contribution in [0.1, 0.15) is 35.4 Å². The number of nitrogens with one attached hydrogen (secondary N) is 1. The number of aromatic nitrogens is 3. The average molecular weight is 404 g/mol. The fraction of sp³-hybridized carbons (Fsp3) is 0.375. The zero-order valence-electron chi connectivity index (χ0n) is 17.9. The highest BCUT2D eigenvalue weighted by Crippen LogP contribution is 2.23. The highest BCUT2D eigenvalue weighted by molar-refractivity contribution is 5.92. The number of hydrogen-bond acceptors (Lipinski definition) is 4. The third kappa shape index (κ3) is 4.70. The third-order valence-electron chi connectivity index (χ3n) is 5.72. The first kappa shape index (κ1) is 20.1. The molecule has 0 atom stereocenters. The average Bonchev–Trinajstić information content (AvgIpc) is 3.05. The molecule has 6 nitrogen and oxygen atoms in total. The molecule has 0 bridgehead atoms. The van der Waals surface area contributed by atoms with Gasteiger partial charge in [-0.05, 0) is 69.0 Å². The molecule has 4 rings (SSSR count). The molecule has 2 aromatic heterocycles. The molecule has 30 heavy (non-hydrogen) atoms. The maximum absolute atomic E-state index is 12.8. The summed E-state index contributed by atoms with van der Waals surface area (Å²) < 4.78 is 1.99. The van der Waals surface area contributed by atoms with Crippen molar-refractivity contribution in [2.75, 3.05) is 23.3 Å². The SMILES string of the molecule is Cc1ccc(N2CCC(C(=O)Nc3cccc(Cn4nc(C)cc4C)c3)CC2)nc1. The molecule has 1 amide bonds. The van der Waals surface area contributed by atoms with Gasteiger partial charge in [0.25, 0.3) is 0 Å². The van der Waals surface area contributed by atoms with E-state index >= 15 is 0 Å². The second-order valence-corrected chi connectivity index (χ2v) is 8.23. The predicted molar refractivity (Wildman–Crippen MR) is 120 cm³/mol. The molecule has 1 N–H and O–H groups in total. The summed E-state index contributed by atoms with van der Waals surface area (Å²) in [4.78, 5) is 19.6. The van der Waals surface area contributed by atoms with Gasteiger partial charge in [-0.3, -0.25) is 9.48 Å². The number of anilines is 2. The molecule has 0 spiro atoms. The molecule has 0 unspecified atom stereocenters. The number of carbonyl (C=O) groups excluding carboxylic acids is 1. The van der Waals surface area contributed by atoms with Crippen molar-refractivity contribution in [1.82, 2.24) is 14.8 Å². The molecule has 1 aliphatic heterocycles. The van der Waals surface area contributed by atoms with Crippen molar-refractivity contribution >= 4 is 17.4 Å². The second kappa shape index (κ2) is 8.69. The minimum absolute atomic E-state index is 0.0337. The molecule has 3 heterocycles. The lowest BCUT2D eigenvalue weighted by Crippen LogP contribution is -2.38. The Morgan fingerprint density at radius 3 is 2.57 bits per heavy atom. The number of amides is 1. The summed E-state index contributed by atoms with van der Waals surface area (Å²) in [5, 5.41) is 7.64. The van der Waals surface area contributed by atoms with Gasteiger partial charge in [-0.2, -0.15) is 5.10 Å². The van der Waals surface area contributed by atoms with Gasteiger partial charge in [0.05, 0.1) is 12.2 Å². The van der Waals surface area contributed by atoms with E-state index in [4.69, 9.17) is 0 Å². The van der Waals surface area contributed by atoms with E-state index in [-0.39, 0.29) is 11.8 Å². The number of pyridine rings is 1. The highest BCUT2D eigenvalue weighted by atomic mass is 16.1. The van der Waals surface area contributed by atoms with E-state index in [1.165, 1.54) is 0 Å². The van der Waals surface area contributed by atoms with Gasteiger partial charge in [0.15, 0.2) is 0 Å². The second-order valence-electron chi connectivity index (χ2n) is 8.23. The van der Waals surface area contributed by atoms with Gasteiger partial charge in [-0.25, -0.2) is 4.98 Å². The van der Waals surface area contributed by atoms with Crippen LogP contribution in [0.4, 0.5) is 11.5 Å². The molecule has 1 saturated heterocycles. The molecular weight excluding hydrogens is 374 g/mol. The van der Waals surface area contributed by atoms with E-state index in [2.05, 4.69) is 51.5 Å². The van der Waals surface area contributed by atoms with Crippen LogP contribution in [0, 0.1) is 26.7 Å². The summed E-state index contributed by atoms with van der Waals surface area (Å²) in [5.74, 6) is 1.14. The summed E-state index contributed by atoms with van der Waals surface area (Å²) in [7, 11) is 0. The lowest BCUT2D eigenvalue weighted by molar-refractivity contribution is -0.120. The molecule has 0 radical (unpaired) electrons. The molecule has 1 aromatic carbocycles. The van der Waals surface area contributed by atoms with Crippen LogP contribution in [0.3, 0.4) is 0 Å². The maximum atomic E-state index is 12.8. The Hall–Kier alpha value is -3.15. The third-order valence-corrected chi connectivity index (χ3v) is 5.72. The number of rotatable bonds is 5. The van der Waals surface area contributed by atoms with Crippen LogP contribution in [-0.2, 0) is 11.3 Å². The van der Waals surface area contributed by atoms with Gasteiger partial charge in [0.1, 0.15) is 5.82 Å². The van der Waals surface area contributed by atoms with Crippen molar-refractivity contribution in [3.8, 4) is 0 Å². The Morgan fingerprint density at radius 1 is 1.10 bits per heavy atom. The molecule has 156 valence electrons. The number of piperidine rings is 1. The minimum Gasteiger partial charge on any atom is -0.357 e. The van der Waals surface area contributed by atoms with Crippen LogP contribution in [0.2, 0.25) is 0 Å². The van der Waals surface area contributed by atoms with E-state index in [1.54, 1.807) is 0 Å². The van der Waals surface area contributed by atoms with E-state index in [9.17, 15) is 4.79 Å². The maximum Gasteiger partial charge on any atom is 0.227 e. The highest BCUT2D eigenvalue weighted by Gasteiger charge is 2.25. The Balaban J connectivity index is 1.34. The van der Waals surface area contributed by atoms with Gasteiger partial charge in [-0.15, -0.1) is 0 Å². The number of aryl methyl sites for hydroxylation is 3. The predicted octanol–water partition coefficient (Wildman–Crippen LogP) is 4.11. The first-order valence-corrected chi connectivity index (χ1v) is 10.6. The van der Waals surface area contributed by atoms with Gasteiger partial charge >= 0.3 is 0 Å². The summed E-state index contributed by atoms with van der Waals surface area (Å²) >= 11 is 0. The normalized spacial score (nSPS) is 14.7. The Morgan fingerprint density at radius 2 is 1.90 bits per heavy atom. The standard InChI is InChI=1S/C24H29N5O/c1-17-7-8-23(25-15-17)28-11-9-21(10-12-28)24(30)26-22-6-4-5-20(14-22)16-29-19(3)13-18(2)27-29/h4-8,13-15,21H,9-12,16H2,1-3H3,(H,26,30). The summed E-state index contributed by atoms with van der Waals surface area (Å²) in [6.07, 6.45) is 3.58. The van der Waals surface area contributed by atoms with Crippen molar-refractivity contribution < 1.29 is 4.79 Å². The van der Waals surface area contributed by atoms with Crippen LogP contribution in [-0.4, -0.2) is 33.8 Å². The topological polar surface area (TPSA) is 63.1 Å². The van der Waals surface area contributed by atoms with Crippen molar-refractivity contribution in [2.24, 2.45) is 5.92 Å². The Labute approximate surface area is 177 Å². The number of benzene rings is 1. The van der Waals surface area contributed by atoms with Gasteiger partial charge in [0, 0.05) is 36.6 Å². The minimum atomic E-state index is 0.0337. The first-order valence-electron chi connectivity index (χ1n) is 10.6. The van der Waals surface area contributed by atoms with Crippen LogP contribution in [0.5, 0.6) is 0 Å². The lowest BCUT2D eigenvalue weighted by Gasteiger charge is -2.32. The van der Waals surface area contributed by atoms with E-state index in [1.807, 2.05) is 42.9 Å². The molecule has 3 aromatic rings. The van der Waals surface area contributed by atoms with Crippen molar-refractivity contribution in [3.63, 3.8) is 0 Å². The van der Waals surface area contributed by atoms with E-state index in [0.29, 0.717) is 6.54 Å². The monoisotopic (exact) mass is 403 g/mol. The summed E-state index contributed by atoms with van der Waals surface area (Å²) in [6, 6.07) is 14.3. The quantitative estimate of drug-likeness (QED) is 0.696. The smallest absolute Gasteiger partial charge is 0.227 e. The van der Waals surface area contributed by atoms with E-state index in [0.717, 1.165) is 60.0 Å². The zero-order valence-corrected chi connectivity index (χ0v) is 17.9. The fourth-order valence-corrected chi connectivity index (χ4v) is 4.02. The van der Waals surface area contributed by atoms with Gasteiger partial charge < -0.3 is 10.2 Å². The van der Waals surface area contributed by atoms with Gasteiger partial charge in [-0.1, -0.05) is 18.2 Å². The Bertz CT molecular complexity index is 1020. The molecule has 0 aliphatic carbocycles. The van der Waals surface area contributed by atoms with Crippen LogP contribution in [0.25, 0.3) is 0 Å². The largest absolute Gasteiger partial charge is 0.357 e. The number of hydrogen-bond donors (Lipinski definition) is 1. The van der Waals surface area contributed by atoms with Crippen molar-refractivity contribution in [2.45, 2.75) is 40.2 Å². The van der Waals surface area contributed by atoms with E-state index < -0.39 is 0 Å². The van der Waals surface area contributed by atoms with Crippen molar-refractivity contribution in [1.29, 1.82) is 0 Å². The zero-order chi connectivity index (χ0) is 21.1. The van der Waals surface area contributed by atoms with Crippen LogP contribution >= 0.6 is 0 Å². The molecule has 1 aliphatic rings. The molecular formula is C24H29N5O. The summed E-state index contributed by atoms with van der Waals surface area (Å²) in [5.41, 5.74) is 5.29. The summed E-state index contributed by atoms with van der Waals surface area (Å²) in [6.45, 7) is 8.51.